The molecule has 2 atom stereocenters. The number of methoxy groups -OCH3 is 1. The zero-order chi connectivity index (χ0) is 18.7. The predicted molar refractivity (Wildman–Crippen MR) is 91.6 cm³/mol. The van der Waals surface area contributed by atoms with Crippen molar-refractivity contribution in [3.05, 3.63) is 35.9 Å². The van der Waals surface area contributed by atoms with Gasteiger partial charge < -0.3 is 14.4 Å². The summed E-state index contributed by atoms with van der Waals surface area (Å²) in [7, 11) is 1.29. The average molecular weight is 355 g/mol. The molecule has 4 nitrogen and oxygen atoms in total. The standard InChI is InChI=1S/C19H27F2NO3/c1-18(2,3)25-17(23)22(13-14-8-6-5-7-9-14)15-10-11-19(20,21)16(12-15)24-4/h5-9,15-16H,10-13H2,1-4H3/t15-,16-/m1/s1. The highest BCUT2D eigenvalue weighted by Gasteiger charge is 2.47. The van der Waals surface area contributed by atoms with Crippen LogP contribution in [0, 0.1) is 0 Å². The highest BCUT2D eigenvalue weighted by atomic mass is 19.3. The summed E-state index contributed by atoms with van der Waals surface area (Å²) >= 11 is 0. The van der Waals surface area contributed by atoms with Gasteiger partial charge in [0.1, 0.15) is 11.7 Å². The van der Waals surface area contributed by atoms with Crippen molar-refractivity contribution in [2.45, 2.75) is 70.2 Å². The Morgan fingerprint density at radius 3 is 2.48 bits per heavy atom. The molecule has 0 unspecified atom stereocenters. The van der Waals surface area contributed by atoms with E-state index in [4.69, 9.17) is 9.47 Å². The first kappa shape index (κ1) is 19.6. The molecule has 6 heteroatoms. The quantitative estimate of drug-likeness (QED) is 0.791. The van der Waals surface area contributed by atoms with Crippen LogP contribution in [0.25, 0.3) is 0 Å². The van der Waals surface area contributed by atoms with E-state index in [2.05, 4.69) is 0 Å². The number of amides is 1. The molecule has 0 aromatic heterocycles. The van der Waals surface area contributed by atoms with Crippen LogP contribution in [-0.4, -0.2) is 41.8 Å². The maximum absolute atomic E-state index is 13.9. The first-order chi connectivity index (χ1) is 11.6. The second-order valence-electron chi connectivity index (χ2n) is 7.51. The molecule has 0 saturated heterocycles. The molecule has 0 aliphatic heterocycles. The molecule has 0 spiro atoms. The van der Waals surface area contributed by atoms with E-state index in [0.717, 1.165) is 5.56 Å². The molecule has 1 saturated carbocycles. The summed E-state index contributed by atoms with van der Waals surface area (Å²) in [5, 5.41) is 0. The molecule has 1 aromatic rings. The van der Waals surface area contributed by atoms with Crippen LogP contribution in [0.1, 0.15) is 45.6 Å². The number of hydrogen-bond donors (Lipinski definition) is 0. The van der Waals surface area contributed by atoms with Crippen molar-refractivity contribution in [2.24, 2.45) is 0 Å². The molecule has 1 aliphatic carbocycles. The summed E-state index contributed by atoms with van der Waals surface area (Å²) in [6.45, 7) is 5.69. The third-order valence-corrected chi connectivity index (χ3v) is 4.32. The van der Waals surface area contributed by atoms with E-state index in [1.807, 2.05) is 30.3 Å². The van der Waals surface area contributed by atoms with Crippen LogP contribution in [0.15, 0.2) is 30.3 Å². The number of benzene rings is 1. The fraction of sp³-hybridized carbons (Fsp3) is 0.632. The van der Waals surface area contributed by atoms with E-state index in [0.29, 0.717) is 6.54 Å². The topological polar surface area (TPSA) is 38.8 Å². The fourth-order valence-electron chi connectivity index (χ4n) is 3.05. The van der Waals surface area contributed by atoms with E-state index in [1.54, 1.807) is 25.7 Å². The van der Waals surface area contributed by atoms with Gasteiger partial charge in [-0.05, 0) is 32.8 Å². The number of alkyl halides is 2. The summed E-state index contributed by atoms with van der Waals surface area (Å²) in [5.74, 6) is -2.86. The van der Waals surface area contributed by atoms with Crippen LogP contribution in [0.5, 0.6) is 0 Å². The lowest BCUT2D eigenvalue weighted by atomic mass is 9.88. The van der Waals surface area contributed by atoms with Gasteiger partial charge in [-0.15, -0.1) is 0 Å². The number of carbonyl (C=O) groups is 1. The Labute approximate surface area is 148 Å². The Kier molecular flexibility index (Phi) is 6.03. The van der Waals surface area contributed by atoms with Gasteiger partial charge in [-0.3, -0.25) is 0 Å². The fourth-order valence-corrected chi connectivity index (χ4v) is 3.05. The minimum atomic E-state index is -2.86. The molecule has 1 aromatic carbocycles. The van der Waals surface area contributed by atoms with E-state index in [1.165, 1.54) is 7.11 Å². The molecule has 0 bridgehead atoms. The van der Waals surface area contributed by atoms with Crippen molar-refractivity contribution >= 4 is 6.09 Å². The minimum absolute atomic E-state index is 0.0928. The molecule has 2 rings (SSSR count). The van der Waals surface area contributed by atoms with Crippen molar-refractivity contribution < 1.29 is 23.0 Å². The van der Waals surface area contributed by atoms with E-state index < -0.39 is 23.7 Å². The largest absolute Gasteiger partial charge is 0.444 e. The smallest absolute Gasteiger partial charge is 0.410 e. The van der Waals surface area contributed by atoms with Crippen LogP contribution >= 0.6 is 0 Å². The Hall–Kier alpha value is -1.69. The molecular formula is C19H27F2NO3. The summed E-state index contributed by atoms with van der Waals surface area (Å²) < 4.78 is 38.4. The van der Waals surface area contributed by atoms with Gasteiger partial charge in [0.2, 0.25) is 0 Å². The van der Waals surface area contributed by atoms with Gasteiger partial charge in [0.25, 0.3) is 5.92 Å². The van der Waals surface area contributed by atoms with E-state index >= 15 is 0 Å². The van der Waals surface area contributed by atoms with Crippen LogP contribution in [0.3, 0.4) is 0 Å². The predicted octanol–water partition coefficient (Wildman–Crippen LogP) is 4.63. The first-order valence-electron chi connectivity index (χ1n) is 8.56. The summed E-state index contributed by atoms with van der Waals surface area (Å²) in [4.78, 5) is 14.3. The SMILES string of the molecule is CO[C@@H]1C[C@H](N(Cc2ccccc2)C(=O)OC(C)(C)C)CCC1(F)F. The van der Waals surface area contributed by atoms with Crippen molar-refractivity contribution in [3.8, 4) is 0 Å². The first-order valence-corrected chi connectivity index (χ1v) is 8.56. The Morgan fingerprint density at radius 2 is 1.92 bits per heavy atom. The zero-order valence-corrected chi connectivity index (χ0v) is 15.3. The molecule has 1 fully saturated rings. The van der Waals surface area contributed by atoms with Gasteiger partial charge in [0, 0.05) is 32.5 Å². The molecule has 1 aliphatic rings. The van der Waals surface area contributed by atoms with E-state index in [9.17, 15) is 13.6 Å². The van der Waals surface area contributed by atoms with Gasteiger partial charge >= 0.3 is 6.09 Å². The second kappa shape index (κ2) is 7.68. The minimum Gasteiger partial charge on any atom is -0.444 e. The number of hydrogen-bond acceptors (Lipinski definition) is 3. The third-order valence-electron chi connectivity index (χ3n) is 4.32. The Bertz CT molecular complexity index is 572. The number of ether oxygens (including phenoxy) is 2. The maximum Gasteiger partial charge on any atom is 0.410 e. The molecule has 1 amide bonds. The normalized spacial score (nSPS) is 23.1. The highest BCUT2D eigenvalue weighted by Crippen LogP contribution is 2.38. The van der Waals surface area contributed by atoms with Crippen LogP contribution in [-0.2, 0) is 16.0 Å². The molecule has 140 valence electrons. The van der Waals surface area contributed by atoms with E-state index in [-0.39, 0.29) is 25.3 Å². The van der Waals surface area contributed by atoms with Gasteiger partial charge in [-0.25, -0.2) is 13.6 Å². The lowest BCUT2D eigenvalue weighted by Crippen LogP contribution is -2.51. The molecule has 0 radical (unpaired) electrons. The van der Waals surface area contributed by atoms with Crippen molar-refractivity contribution in [3.63, 3.8) is 0 Å². The average Bonchev–Trinajstić information content (AvgIpc) is 2.52. The Balaban J connectivity index is 2.20. The van der Waals surface area contributed by atoms with Gasteiger partial charge in [-0.2, -0.15) is 0 Å². The Morgan fingerprint density at radius 1 is 1.28 bits per heavy atom. The third kappa shape index (κ3) is 5.39. The maximum atomic E-state index is 13.9. The number of rotatable bonds is 4. The van der Waals surface area contributed by atoms with Gasteiger partial charge in [0.05, 0.1) is 0 Å². The number of nitrogens with zero attached hydrogens (tertiary/aromatic N) is 1. The highest BCUT2D eigenvalue weighted by molar-refractivity contribution is 5.68. The van der Waals surface area contributed by atoms with Gasteiger partial charge in [-0.1, -0.05) is 30.3 Å². The summed E-state index contributed by atoms with van der Waals surface area (Å²) in [5.41, 5.74) is 0.283. The molecule has 0 N–H and O–H groups in total. The number of halogens is 2. The number of carbonyl (C=O) groups excluding carboxylic acids is 1. The second-order valence-corrected chi connectivity index (χ2v) is 7.51. The molecule has 25 heavy (non-hydrogen) atoms. The monoisotopic (exact) mass is 355 g/mol. The lowest BCUT2D eigenvalue weighted by molar-refractivity contribution is -0.158. The van der Waals surface area contributed by atoms with Gasteiger partial charge in [0.15, 0.2) is 0 Å². The van der Waals surface area contributed by atoms with Crippen molar-refractivity contribution in [1.29, 1.82) is 0 Å². The van der Waals surface area contributed by atoms with Crippen molar-refractivity contribution in [1.82, 2.24) is 4.90 Å². The van der Waals surface area contributed by atoms with Crippen LogP contribution < -0.4 is 0 Å². The van der Waals surface area contributed by atoms with Crippen molar-refractivity contribution in [2.75, 3.05) is 7.11 Å². The lowest BCUT2D eigenvalue weighted by Gasteiger charge is -2.40. The summed E-state index contributed by atoms with van der Waals surface area (Å²) in [6.07, 6.45) is -1.66. The summed E-state index contributed by atoms with van der Waals surface area (Å²) in [6, 6.07) is 9.12. The molecule has 0 heterocycles. The van der Waals surface area contributed by atoms with Crippen LogP contribution in [0.2, 0.25) is 0 Å². The zero-order valence-electron chi connectivity index (χ0n) is 15.3. The molecular weight excluding hydrogens is 328 g/mol. The van der Waals surface area contributed by atoms with Crippen LogP contribution in [0.4, 0.5) is 13.6 Å².